The summed E-state index contributed by atoms with van der Waals surface area (Å²) in [5, 5.41) is 10.1. The zero-order valence-electron chi connectivity index (χ0n) is 19.7. The standard InChI is InChI=1S/C28H28N6O/c1-33-24-7-6-21(14-22(24)15-32-33)27-26(19-2-4-20(5-3-19)28(29)35)23-10-13-34(25(23)16-31-27)17-18-8-11-30-12-9-18/h2-7,10,13-16,18,30H,8-9,11-12,17H2,1H3,(H2,29,35). The number of aromatic nitrogens is 4. The van der Waals surface area contributed by atoms with E-state index in [0.717, 1.165) is 63.8 Å². The van der Waals surface area contributed by atoms with Crippen molar-refractivity contribution < 1.29 is 4.79 Å². The smallest absolute Gasteiger partial charge is 0.248 e. The average molecular weight is 465 g/mol. The molecule has 2 aromatic carbocycles. The number of amides is 1. The summed E-state index contributed by atoms with van der Waals surface area (Å²) in [4.78, 5) is 16.7. The Kier molecular flexibility index (Phi) is 5.34. The molecule has 7 nitrogen and oxygen atoms in total. The van der Waals surface area contributed by atoms with Crippen LogP contribution in [0, 0.1) is 5.92 Å². The fourth-order valence-electron chi connectivity index (χ4n) is 5.28. The molecule has 0 atom stereocenters. The summed E-state index contributed by atoms with van der Waals surface area (Å²) < 4.78 is 4.22. The first kappa shape index (κ1) is 21.6. The van der Waals surface area contributed by atoms with E-state index in [9.17, 15) is 4.79 Å². The monoisotopic (exact) mass is 464 g/mol. The third kappa shape index (κ3) is 3.88. The zero-order valence-corrected chi connectivity index (χ0v) is 19.7. The molecule has 35 heavy (non-hydrogen) atoms. The summed E-state index contributed by atoms with van der Waals surface area (Å²) in [5.74, 6) is 0.237. The number of piperidine rings is 1. The number of nitrogens with zero attached hydrogens (tertiary/aromatic N) is 4. The zero-order chi connectivity index (χ0) is 23.9. The van der Waals surface area contributed by atoms with Gasteiger partial charge in [-0.2, -0.15) is 5.10 Å². The number of hydrogen-bond acceptors (Lipinski definition) is 4. The van der Waals surface area contributed by atoms with Crippen LogP contribution in [-0.4, -0.2) is 38.3 Å². The lowest BCUT2D eigenvalue weighted by Crippen LogP contribution is -2.29. The van der Waals surface area contributed by atoms with Crippen LogP contribution in [0.1, 0.15) is 23.2 Å². The summed E-state index contributed by atoms with van der Waals surface area (Å²) in [6.45, 7) is 3.16. The third-order valence-electron chi connectivity index (χ3n) is 7.22. The summed E-state index contributed by atoms with van der Waals surface area (Å²) in [6, 6.07) is 16.0. The SMILES string of the molecule is Cn1ncc2cc(-c3ncc4c(ccn4CC4CCNCC4)c3-c3ccc(C(N)=O)cc3)ccc21. The fraction of sp³-hybridized carbons (Fsp3) is 0.250. The summed E-state index contributed by atoms with van der Waals surface area (Å²) in [5.41, 5.74) is 12.2. The van der Waals surface area contributed by atoms with Gasteiger partial charge in [0.15, 0.2) is 0 Å². The van der Waals surface area contributed by atoms with Gasteiger partial charge in [0.05, 0.1) is 29.1 Å². The number of fused-ring (bicyclic) bond motifs is 2. The molecule has 0 unspecified atom stereocenters. The van der Waals surface area contributed by atoms with Crippen molar-refractivity contribution in [3.8, 4) is 22.4 Å². The van der Waals surface area contributed by atoms with Gasteiger partial charge in [-0.05, 0) is 67.7 Å². The van der Waals surface area contributed by atoms with E-state index in [0.29, 0.717) is 11.5 Å². The number of aryl methyl sites for hydroxylation is 1. The largest absolute Gasteiger partial charge is 0.366 e. The molecule has 5 aromatic rings. The number of nitrogens with one attached hydrogen (secondary N) is 1. The number of carbonyl (C=O) groups excluding carboxylic acids is 1. The van der Waals surface area contributed by atoms with Crippen molar-refractivity contribution in [3.05, 3.63) is 72.7 Å². The summed E-state index contributed by atoms with van der Waals surface area (Å²) in [7, 11) is 1.95. The number of benzene rings is 2. The summed E-state index contributed by atoms with van der Waals surface area (Å²) >= 11 is 0. The van der Waals surface area contributed by atoms with Crippen LogP contribution in [0.2, 0.25) is 0 Å². The van der Waals surface area contributed by atoms with E-state index in [-0.39, 0.29) is 0 Å². The minimum Gasteiger partial charge on any atom is -0.366 e. The maximum atomic E-state index is 11.7. The molecule has 3 aromatic heterocycles. The molecule has 0 spiro atoms. The Bertz CT molecular complexity index is 1540. The highest BCUT2D eigenvalue weighted by atomic mass is 16.1. The highest BCUT2D eigenvalue weighted by Crippen LogP contribution is 2.38. The maximum absolute atomic E-state index is 11.7. The van der Waals surface area contributed by atoms with Crippen molar-refractivity contribution in [2.24, 2.45) is 18.7 Å². The second kappa shape index (κ2) is 8.67. The van der Waals surface area contributed by atoms with E-state index in [1.165, 1.54) is 12.8 Å². The van der Waals surface area contributed by atoms with E-state index in [2.05, 4.69) is 45.4 Å². The Hall–Kier alpha value is -3.97. The van der Waals surface area contributed by atoms with Crippen LogP contribution in [0.3, 0.4) is 0 Å². The van der Waals surface area contributed by atoms with Gasteiger partial charge in [-0.15, -0.1) is 0 Å². The Morgan fingerprint density at radius 1 is 1.03 bits per heavy atom. The van der Waals surface area contributed by atoms with Gasteiger partial charge in [-0.3, -0.25) is 14.5 Å². The van der Waals surface area contributed by atoms with E-state index in [1.807, 2.05) is 36.3 Å². The molecule has 176 valence electrons. The Labute approximate surface area is 203 Å². The van der Waals surface area contributed by atoms with Crippen molar-refractivity contribution >= 4 is 27.7 Å². The highest BCUT2D eigenvalue weighted by Gasteiger charge is 2.19. The fourth-order valence-corrected chi connectivity index (χ4v) is 5.28. The van der Waals surface area contributed by atoms with Crippen LogP contribution in [0.25, 0.3) is 44.2 Å². The van der Waals surface area contributed by atoms with Crippen molar-refractivity contribution in [2.45, 2.75) is 19.4 Å². The molecule has 1 amide bonds. The minimum atomic E-state index is -0.428. The topological polar surface area (TPSA) is 90.8 Å². The van der Waals surface area contributed by atoms with Gasteiger partial charge in [-0.1, -0.05) is 18.2 Å². The molecular weight excluding hydrogens is 436 g/mol. The average Bonchev–Trinajstić information content (AvgIpc) is 3.47. The molecular formula is C28H28N6O. The van der Waals surface area contributed by atoms with Gasteiger partial charge in [-0.25, -0.2) is 0 Å². The first-order valence-corrected chi connectivity index (χ1v) is 12.1. The first-order valence-electron chi connectivity index (χ1n) is 12.1. The Morgan fingerprint density at radius 3 is 2.57 bits per heavy atom. The molecule has 0 radical (unpaired) electrons. The van der Waals surface area contributed by atoms with Crippen LogP contribution in [0.4, 0.5) is 0 Å². The third-order valence-corrected chi connectivity index (χ3v) is 7.22. The molecule has 0 saturated carbocycles. The lowest BCUT2D eigenvalue weighted by Gasteiger charge is -2.23. The van der Waals surface area contributed by atoms with Crippen molar-refractivity contribution in [3.63, 3.8) is 0 Å². The second-order valence-corrected chi connectivity index (χ2v) is 9.43. The maximum Gasteiger partial charge on any atom is 0.248 e. The molecule has 4 heterocycles. The van der Waals surface area contributed by atoms with Crippen LogP contribution < -0.4 is 11.1 Å². The molecule has 1 aliphatic rings. The number of rotatable bonds is 5. The van der Waals surface area contributed by atoms with Crippen LogP contribution in [0.15, 0.2) is 67.1 Å². The van der Waals surface area contributed by atoms with Crippen LogP contribution >= 0.6 is 0 Å². The minimum absolute atomic E-state index is 0.428. The van der Waals surface area contributed by atoms with E-state index in [4.69, 9.17) is 10.7 Å². The molecule has 3 N–H and O–H groups in total. The Balaban J connectivity index is 1.51. The van der Waals surface area contributed by atoms with Crippen molar-refractivity contribution in [2.75, 3.05) is 13.1 Å². The predicted octanol–water partition coefficient (Wildman–Crippen LogP) is 4.36. The van der Waals surface area contributed by atoms with Crippen LogP contribution in [0.5, 0.6) is 0 Å². The summed E-state index contributed by atoms with van der Waals surface area (Å²) in [6.07, 6.45) is 8.45. The van der Waals surface area contributed by atoms with Gasteiger partial charge in [0.25, 0.3) is 0 Å². The van der Waals surface area contributed by atoms with Gasteiger partial charge in [0.1, 0.15) is 0 Å². The highest BCUT2D eigenvalue weighted by molar-refractivity contribution is 6.03. The van der Waals surface area contributed by atoms with Gasteiger partial charge >= 0.3 is 0 Å². The van der Waals surface area contributed by atoms with Gasteiger partial charge in [0.2, 0.25) is 5.91 Å². The molecule has 6 rings (SSSR count). The number of carbonyl (C=O) groups is 1. The quantitative estimate of drug-likeness (QED) is 0.404. The second-order valence-electron chi connectivity index (χ2n) is 9.43. The Morgan fingerprint density at radius 2 is 1.80 bits per heavy atom. The normalized spacial score (nSPS) is 14.7. The lowest BCUT2D eigenvalue weighted by atomic mass is 9.95. The molecule has 1 saturated heterocycles. The van der Waals surface area contributed by atoms with Crippen molar-refractivity contribution in [1.82, 2.24) is 24.6 Å². The number of nitrogens with two attached hydrogens (primary N) is 1. The number of primary amides is 1. The molecule has 7 heteroatoms. The van der Waals surface area contributed by atoms with Crippen LogP contribution in [-0.2, 0) is 13.6 Å². The lowest BCUT2D eigenvalue weighted by molar-refractivity contribution is 0.100. The predicted molar refractivity (Wildman–Crippen MR) is 139 cm³/mol. The van der Waals surface area contributed by atoms with E-state index >= 15 is 0 Å². The van der Waals surface area contributed by atoms with E-state index < -0.39 is 5.91 Å². The van der Waals surface area contributed by atoms with Gasteiger partial charge < -0.3 is 15.6 Å². The number of pyridine rings is 1. The molecule has 1 fully saturated rings. The van der Waals surface area contributed by atoms with E-state index in [1.54, 1.807) is 12.1 Å². The van der Waals surface area contributed by atoms with Crippen molar-refractivity contribution in [1.29, 1.82) is 0 Å². The van der Waals surface area contributed by atoms with Gasteiger partial charge in [0, 0.05) is 47.3 Å². The number of hydrogen-bond donors (Lipinski definition) is 2. The molecule has 0 aliphatic carbocycles. The molecule has 0 bridgehead atoms. The molecule has 1 aliphatic heterocycles. The first-order chi connectivity index (χ1) is 17.1.